The molecule has 0 spiro atoms. The van der Waals surface area contributed by atoms with Gasteiger partial charge in [0.05, 0.1) is 19.9 Å². The molecule has 0 radical (unpaired) electrons. The van der Waals surface area contributed by atoms with E-state index in [1.165, 1.54) is 0 Å². The van der Waals surface area contributed by atoms with Crippen molar-refractivity contribution < 1.29 is 9.47 Å². The van der Waals surface area contributed by atoms with Gasteiger partial charge in [-0.2, -0.15) is 0 Å². The fourth-order valence-corrected chi connectivity index (χ4v) is 2.19. The molecule has 0 fully saturated rings. The third-order valence-electron chi connectivity index (χ3n) is 3.06. The van der Waals surface area contributed by atoms with Crippen molar-refractivity contribution in [1.29, 1.82) is 0 Å². The van der Waals surface area contributed by atoms with Gasteiger partial charge in [-0.1, -0.05) is 11.6 Å². The number of hydrogen-bond donors (Lipinski definition) is 1. The van der Waals surface area contributed by atoms with Gasteiger partial charge in [0, 0.05) is 24.4 Å². The fraction of sp³-hybridized carbons (Fsp3) is 0.267. The minimum atomic E-state index is 0.470. The molecule has 0 aliphatic rings. The van der Waals surface area contributed by atoms with Crippen LogP contribution in [0.15, 0.2) is 30.5 Å². The number of benzene rings is 1. The van der Waals surface area contributed by atoms with Crippen LogP contribution >= 0.6 is 11.6 Å². The highest BCUT2D eigenvalue weighted by molar-refractivity contribution is 6.32. The Kier molecular flexibility index (Phi) is 4.69. The summed E-state index contributed by atoms with van der Waals surface area (Å²) in [5, 5.41) is 3.76. The molecule has 1 heterocycles. The molecule has 1 aromatic carbocycles. The molecule has 1 aromatic heterocycles. The highest BCUT2D eigenvalue weighted by Gasteiger charge is 2.08. The van der Waals surface area contributed by atoms with E-state index in [9.17, 15) is 0 Å². The molecule has 0 atom stereocenters. The van der Waals surface area contributed by atoms with E-state index in [4.69, 9.17) is 21.1 Å². The Morgan fingerprint density at radius 2 is 2.00 bits per heavy atom. The van der Waals surface area contributed by atoms with Gasteiger partial charge in [0.2, 0.25) is 0 Å². The Morgan fingerprint density at radius 1 is 1.20 bits per heavy atom. The summed E-state index contributed by atoms with van der Waals surface area (Å²) in [6.07, 6.45) is 1.69. The minimum absolute atomic E-state index is 0.470. The van der Waals surface area contributed by atoms with Gasteiger partial charge in [-0.3, -0.25) is 0 Å². The van der Waals surface area contributed by atoms with Crippen LogP contribution in [0, 0.1) is 6.92 Å². The summed E-state index contributed by atoms with van der Waals surface area (Å²) in [6.45, 7) is 2.58. The molecule has 2 rings (SSSR count). The van der Waals surface area contributed by atoms with Crippen molar-refractivity contribution >= 4 is 17.3 Å². The van der Waals surface area contributed by atoms with Gasteiger partial charge in [0.1, 0.15) is 11.5 Å². The van der Waals surface area contributed by atoms with Crippen molar-refractivity contribution in [2.75, 3.05) is 19.5 Å². The highest BCUT2D eigenvalue weighted by atomic mass is 35.5. The molecule has 0 bridgehead atoms. The van der Waals surface area contributed by atoms with Crippen LogP contribution in [0.3, 0.4) is 0 Å². The molecular formula is C15H17ClN2O2. The lowest BCUT2D eigenvalue weighted by molar-refractivity contribution is 0.391. The molecule has 20 heavy (non-hydrogen) atoms. The third-order valence-corrected chi connectivity index (χ3v) is 3.35. The number of nitrogens with one attached hydrogen (secondary N) is 1. The highest BCUT2D eigenvalue weighted by Crippen LogP contribution is 2.27. The first-order valence-electron chi connectivity index (χ1n) is 6.21. The van der Waals surface area contributed by atoms with E-state index in [0.717, 1.165) is 28.3 Å². The SMILES string of the molecule is COc1ccc(CNc2c(C)ccnc2Cl)c(OC)c1. The molecule has 4 nitrogen and oxygen atoms in total. The van der Waals surface area contributed by atoms with Crippen molar-refractivity contribution in [2.45, 2.75) is 13.5 Å². The lowest BCUT2D eigenvalue weighted by Gasteiger charge is -2.14. The number of methoxy groups -OCH3 is 2. The second kappa shape index (κ2) is 6.48. The number of aromatic nitrogens is 1. The second-order valence-corrected chi connectivity index (χ2v) is 4.68. The van der Waals surface area contributed by atoms with Crippen molar-refractivity contribution in [3.05, 3.63) is 46.7 Å². The second-order valence-electron chi connectivity index (χ2n) is 4.32. The van der Waals surface area contributed by atoms with Gasteiger partial charge in [-0.15, -0.1) is 0 Å². The van der Waals surface area contributed by atoms with Crippen molar-refractivity contribution in [3.63, 3.8) is 0 Å². The van der Waals surface area contributed by atoms with Crippen LogP contribution in [0.25, 0.3) is 0 Å². The minimum Gasteiger partial charge on any atom is -0.497 e. The van der Waals surface area contributed by atoms with Crippen LogP contribution in [-0.2, 0) is 6.54 Å². The number of hydrogen-bond acceptors (Lipinski definition) is 4. The zero-order valence-electron chi connectivity index (χ0n) is 11.7. The maximum atomic E-state index is 6.09. The van der Waals surface area contributed by atoms with Crippen molar-refractivity contribution in [2.24, 2.45) is 0 Å². The monoisotopic (exact) mass is 292 g/mol. The molecule has 1 N–H and O–H groups in total. The molecule has 0 saturated heterocycles. The lowest BCUT2D eigenvalue weighted by Crippen LogP contribution is -2.04. The quantitative estimate of drug-likeness (QED) is 0.854. The summed E-state index contributed by atoms with van der Waals surface area (Å²) in [6, 6.07) is 7.63. The predicted octanol–water partition coefficient (Wildman–Crippen LogP) is 3.67. The summed E-state index contributed by atoms with van der Waals surface area (Å²) in [7, 11) is 3.27. The van der Waals surface area contributed by atoms with E-state index < -0.39 is 0 Å². The van der Waals surface area contributed by atoms with Crippen LogP contribution in [-0.4, -0.2) is 19.2 Å². The van der Waals surface area contributed by atoms with Crippen LogP contribution in [0.5, 0.6) is 11.5 Å². The van der Waals surface area contributed by atoms with Gasteiger partial charge in [0.15, 0.2) is 5.15 Å². The summed E-state index contributed by atoms with van der Waals surface area (Å²) in [5.41, 5.74) is 2.91. The molecule has 0 aliphatic carbocycles. The standard InChI is InChI=1S/C15H17ClN2O2/c1-10-6-7-17-15(16)14(10)18-9-11-4-5-12(19-2)8-13(11)20-3/h4-8,18H,9H2,1-3H3. The van der Waals surface area contributed by atoms with Gasteiger partial charge < -0.3 is 14.8 Å². The van der Waals surface area contributed by atoms with Crippen LogP contribution in [0.4, 0.5) is 5.69 Å². The number of aryl methyl sites for hydroxylation is 1. The number of halogens is 1. The van der Waals surface area contributed by atoms with E-state index in [2.05, 4.69) is 10.3 Å². The first-order chi connectivity index (χ1) is 9.65. The average Bonchev–Trinajstić information content (AvgIpc) is 2.46. The maximum absolute atomic E-state index is 6.09. The topological polar surface area (TPSA) is 43.4 Å². The van der Waals surface area contributed by atoms with E-state index in [1.807, 2.05) is 31.2 Å². The van der Waals surface area contributed by atoms with Gasteiger partial charge >= 0.3 is 0 Å². The van der Waals surface area contributed by atoms with Gasteiger partial charge in [-0.25, -0.2) is 4.98 Å². The van der Waals surface area contributed by atoms with Crippen LogP contribution in [0.1, 0.15) is 11.1 Å². The molecule has 2 aromatic rings. The zero-order valence-corrected chi connectivity index (χ0v) is 12.5. The Labute approximate surface area is 123 Å². The maximum Gasteiger partial charge on any atom is 0.152 e. The van der Waals surface area contributed by atoms with Crippen LogP contribution in [0.2, 0.25) is 5.15 Å². The molecular weight excluding hydrogens is 276 g/mol. The molecule has 0 unspecified atom stereocenters. The van der Waals surface area contributed by atoms with Gasteiger partial charge in [-0.05, 0) is 30.7 Å². The normalized spacial score (nSPS) is 10.2. The molecule has 0 amide bonds. The Balaban J connectivity index is 2.19. The summed E-state index contributed by atoms with van der Waals surface area (Å²) >= 11 is 6.09. The number of nitrogens with zero attached hydrogens (tertiary/aromatic N) is 1. The number of pyridine rings is 1. The fourth-order valence-electron chi connectivity index (χ4n) is 1.92. The van der Waals surface area contributed by atoms with E-state index in [0.29, 0.717) is 11.7 Å². The number of anilines is 1. The predicted molar refractivity (Wildman–Crippen MR) is 80.9 cm³/mol. The summed E-state index contributed by atoms with van der Waals surface area (Å²) < 4.78 is 10.5. The van der Waals surface area contributed by atoms with E-state index >= 15 is 0 Å². The first-order valence-corrected chi connectivity index (χ1v) is 6.59. The van der Waals surface area contributed by atoms with Gasteiger partial charge in [0.25, 0.3) is 0 Å². The number of ether oxygens (including phenoxy) is 2. The van der Waals surface area contributed by atoms with E-state index in [-0.39, 0.29) is 0 Å². The Bertz CT molecular complexity index is 582. The number of rotatable bonds is 5. The first kappa shape index (κ1) is 14.5. The van der Waals surface area contributed by atoms with E-state index in [1.54, 1.807) is 20.4 Å². The Morgan fingerprint density at radius 3 is 2.65 bits per heavy atom. The summed E-state index contributed by atoms with van der Waals surface area (Å²) in [4.78, 5) is 4.07. The Hall–Kier alpha value is -1.94. The third kappa shape index (κ3) is 3.14. The summed E-state index contributed by atoms with van der Waals surface area (Å²) in [5.74, 6) is 1.54. The average molecular weight is 293 g/mol. The van der Waals surface area contributed by atoms with Crippen molar-refractivity contribution in [1.82, 2.24) is 4.98 Å². The smallest absolute Gasteiger partial charge is 0.152 e. The zero-order chi connectivity index (χ0) is 14.5. The van der Waals surface area contributed by atoms with Crippen LogP contribution < -0.4 is 14.8 Å². The molecule has 5 heteroatoms. The van der Waals surface area contributed by atoms with Crippen molar-refractivity contribution in [3.8, 4) is 11.5 Å². The lowest BCUT2D eigenvalue weighted by atomic mass is 10.1. The molecule has 106 valence electrons. The largest absolute Gasteiger partial charge is 0.497 e. The molecule has 0 saturated carbocycles. The molecule has 0 aliphatic heterocycles.